The van der Waals surface area contributed by atoms with Gasteiger partial charge in [0.25, 0.3) is 0 Å². The molecule has 2 saturated heterocycles. The van der Waals surface area contributed by atoms with E-state index in [1.54, 1.807) is 6.92 Å². The molecule has 2 aliphatic rings. The van der Waals surface area contributed by atoms with Gasteiger partial charge in [-0.2, -0.15) is 0 Å². The van der Waals surface area contributed by atoms with Crippen molar-refractivity contribution in [3.63, 3.8) is 0 Å². The molecule has 0 aromatic carbocycles. The summed E-state index contributed by atoms with van der Waals surface area (Å²) < 4.78 is 0. The lowest BCUT2D eigenvalue weighted by Gasteiger charge is -2.27. The van der Waals surface area contributed by atoms with E-state index in [-0.39, 0.29) is 5.91 Å². The van der Waals surface area contributed by atoms with Crippen LogP contribution in [0.1, 0.15) is 52.9 Å². The highest BCUT2D eigenvalue weighted by Crippen LogP contribution is 2.20. The molecule has 0 aliphatic carbocycles. The second kappa shape index (κ2) is 7.70. The molecule has 3 heteroatoms. The van der Waals surface area contributed by atoms with E-state index < -0.39 is 0 Å². The zero-order chi connectivity index (χ0) is 12.7. The number of nitrogens with zero attached hydrogens (tertiary/aromatic N) is 2. The lowest BCUT2D eigenvalue weighted by molar-refractivity contribution is -0.129. The predicted molar refractivity (Wildman–Crippen MR) is 72.0 cm³/mol. The number of carbonyl (C=O) groups excluding carboxylic acids is 1. The molecule has 0 N–H and O–H groups in total. The Morgan fingerprint density at radius 3 is 2.24 bits per heavy atom. The molecule has 1 unspecified atom stereocenters. The molecule has 0 saturated carbocycles. The maximum atomic E-state index is 11.3. The average Bonchev–Trinajstić information content (AvgIpc) is 2.90. The van der Waals surface area contributed by atoms with Gasteiger partial charge in [0.15, 0.2) is 0 Å². The van der Waals surface area contributed by atoms with E-state index in [9.17, 15) is 4.79 Å². The van der Waals surface area contributed by atoms with E-state index in [1.165, 1.54) is 45.2 Å². The number of carbonyl (C=O) groups is 1. The van der Waals surface area contributed by atoms with Gasteiger partial charge in [-0.05, 0) is 38.8 Å². The second-order valence-electron chi connectivity index (χ2n) is 5.22. The summed E-state index contributed by atoms with van der Waals surface area (Å²) in [5.74, 6) is 0.256. The van der Waals surface area contributed by atoms with Gasteiger partial charge in [-0.25, -0.2) is 0 Å². The van der Waals surface area contributed by atoms with Crippen LogP contribution >= 0.6 is 0 Å². The Balaban J connectivity index is 0.000000437. The summed E-state index contributed by atoms with van der Waals surface area (Å²) in [5.41, 5.74) is 0. The fourth-order valence-corrected chi connectivity index (χ4v) is 2.70. The molecule has 0 aromatic heterocycles. The standard InChI is InChI=1S/C11H20N2O.C3H8/c1-10(14)13-8-4-5-11(13)9-12-6-2-3-7-12;1-3-2/h11H,2-9H2,1H3;3H2,1-2H3. The van der Waals surface area contributed by atoms with Crippen LogP contribution in [0.3, 0.4) is 0 Å². The third-order valence-corrected chi connectivity index (χ3v) is 3.45. The first kappa shape index (κ1) is 14.5. The highest BCUT2D eigenvalue weighted by atomic mass is 16.2. The first-order valence-electron chi connectivity index (χ1n) is 7.18. The van der Waals surface area contributed by atoms with Gasteiger partial charge in [-0.3, -0.25) is 4.79 Å². The Kier molecular flexibility index (Phi) is 6.56. The maximum absolute atomic E-state index is 11.3. The molecule has 0 spiro atoms. The molecular weight excluding hydrogens is 212 g/mol. The number of hydrogen-bond acceptors (Lipinski definition) is 2. The Labute approximate surface area is 106 Å². The van der Waals surface area contributed by atoms with E-state index in [1.807, 2.05) is 0 Å². The first-order chi connectivity index (χ1) is 8.19. The van der Waals surface area contributed by atoms with Crippen molar-refractivity contribution in [2.24, 2.45) is 0 Å². The van der Waals surface area contributed by atoms with E-state index in [0.717, 1.165) is 13.1 Å². The second-order valence-corrected chi connectivity index (χ2v) is 5.22. The molecule has 0 aromatic rings. The molecule has 2 heterocycles. The van der Waals surface area contributed by atoms with Crippen molar-refractivity contribution in [2.45, 2.75) is 58.9 Å². The average molecular weight is 240 g/mol. The van der Waals surface area contributed by atoms with Crippen LogP contribution in [0.4, 0.5) is 0 Å². The van der Waals surface area contributed by atoms with Gasteiger partial charge in [0, 0.05) is 26.1 Å². The van der Waals surface area contributed by atoms with Crippen molar-refractivity contribution >= 4 is 5.91 Å². The Hall–Kier alpha value is -0.570. The minimum Gasteiger partial charge on any atom is -0.339 e. The number of likely N-dealkylation sites (tertiary alicyclic amines) is 2. The summed E-state index contributed by atoms with van der Waals surface area (Å²) in [5, 5.41) is 0. The Morgan fingerprint density at radius 2 is 1.71 bits per heavy atom. The fourth-order valence-electron chi connectivity index (χ4n) is 2.70. The van der Waals surface area contributed by atoms with Crippen molar-refractivity contribution in [1.82, 2.24) is 9.80 Å². The van der Waals surface area contributed by atoms with Crippen LogP contribution in [-0.4, -0.2) is 47.9 Å². The minimum absolute atomic E-state index is 0.256. The van der Waals surface area contributed by atoms with Crippen LogP contribution in [0.15, 0.2) is 0 Å². The topological polar surface area (TPSA) is 23.6 Å². The highest BCUT2D eigenvalue weighted by molar-refractivity contribution is 5.73. The molecule has 100 valence electrons. The SMILES string of the molecule is CC(=O)N1CCCC1CN1CCCC1.CCC. The maximum Gasteiger partial charge on any atom is 0.219 e. The summed E-state index contributed by atoms with van der Waals surface area (Å²) >= 11 is 0. The van der Waals surface area contributed by atoms with Gasteiger partial charge in [-0.1, -0.05) is 20.3 Å². The smallest absolute Gasteiger partial charge is 0.219 e. The third-order valence-electron chi connectivity index (χ3n) is 3.45. The lowest BCUT2D eigenvalue weighted by atomic mass is 10.2. The number of rotatable bonds is 2. The number of amides is 1. The molecule has 0 bridgehead atoms. The third kappa shape index (κ3) is 4.66. The molecule has 1 amide bonds. The molecule has 1 atom stereocenters. The normalized spacial score (nSPS) is 24.6. The summed E-state index contributed by atoms with van der Waals surface area (Å²) in [6.45, 7) is 10.5. The molecule has 17 heavy (non-hydrogen) atoms. The van der Waals surface area contributed by atoms with Crippen molar-refractivity contribution in [3.05, 3.63) is 0 Å². The molecule has 0 radical (unpaired) electrons. The van der Waals surface area contributed by atoms with Crippen LogP contribution in [0.25, 0.3) is 0 Å². The van der Waals surface area contributed by atoms with Gasteiger partial charge < -0.3 is 9.80 Å². The van der Waals surface area contributed by atoms with Crippen LogP contribution < -0.4 is 0 Å². The van der Waals surface area contributed by atoms with Gasteiger partial charge in [0.2, 0.25) is 5.91 Å². The van der Waals surface area contributed by atoms with Crippen molar-refractivity contribution in [2.75, 3.05) is 26.2 Å². The zero-order valence-electron chi connectivity index (χ0n) is 11.7. The van der Waals surface area contributed by atoms with E-state index in [0.29, 0.717) is 6.04 Å². The molecule has 2 aliphatic heterocycles. The highest BCUT2D eigenvalue weighted by Gasteiger charge is 2.28. The van der Waals surface area contributed by atoms with Crippen LogP contribution in [0.5, 0.6) is 0 Å². The fraction of sp³-hybridized carbons (Fsp3) is 0.929. The summed E-state index contributed by atoms with van der Waals surface area (Å²) in [6, 6.07) is 0.505. The van der Waals surface area contributed by atoms with Gasteiger partial charge in [-0.15, -0.1) is 0 Å². The van der Waals surface area contributed by atoms with Gasteiger partial charge >= 0.3 is 0 Å². The molecular formula is C14H28N2O. The van der Waals surface area contributed by atoms with Crippen molar-refractivity contribution in [1.29, 1.82) is 0 Å². The van der Waals surface area contributed by atoms with Crippen LogP contribution in [-0.2, 0) is 4.79 Å². The van der Waals surface area contributed by atoms with Crippen LogP contribution in [0.2, 0.25) is 0 Å². The quantitative estimate of drug-likeness (QED) is 0.740. The predicted octanol–water partition coefficient (Wildman–Crippen LogP) is 2.51. The molecule has 3 nitrogen and oxygen atoms in total. The van der Waals surface area contributed by atoms with E-state index in [2.05, 4.69) is 23.6 Å². The van der Waals surface area contributed by atoms with Crippen LogP contribution in [0, 0.1) is 0 Å². The first-order valence-corrected chi connectivity index (χ1v) is 7.18. The Bertz CT molecular complexity index is 224. The summed E-state index contributed by atoms with van der Waals surface area (Å²) in [7, 11) is 0. The largest absolute Gasteiger partial charge is 0.339 e. The van der Waals surface area contributed by atoms with Gasteiger partial charge in [0.05, 0.1) is 0 Å². The zero-order valence-corrected chi connectivity index (χ0v) is 11.7. The van der Waals surface area contributed by atoms with E-state index in [4.69, 9.17) is 0 Å². The minimum atomic E-state index is 0.256. The monoisotopic (exact) mass is 240 g/mol. The van der Waals surface area contributed by atoms with Gasteiger partial charge in [0.1, 0.15) is 0 Å². The van der Waals surface area contributed by atoms with Crippen molar-refractivity contribution in [3.8, 4) is 0 Å². The van der Waals surface area contributed by atoms with E-state index >= 15 is 0 Å². The molecule has 2 fully saturated rings. The lowest BCUT2D eigenvalue weighted by Crippen LogP contribution is -2.41. The number of hydrogen-bond donors (Lipinski definition) is 0. The molecule has 2 rings (SSSR count). The summed E-state index contributed by atoms with van der Waals surface area (Å²) in [4.78, 5) is 15.9. The Morgan fingerprint density at radius 1 is 1.12 bits per heavy atom. The summed E-state index contributed by atoms with van der Waals surface area (Å²) in [6.07, 6.45) is 6.33. The van der Waals surface area contributed by atoms with Crippen molar-refractivity contribution < 1.29 is 4.79 Å².